The van der Waals surface area contributed by atoms with Crippen LogP contribution in [0.3, 0.4) is 0 Å². The average Bonchev–Trinajstić information content (AvgIpc) is 3.63. The van der Waals surface area contributed by atoms with E-state index < -0.39 is 25.4 Å². The number of piperidine rings is 1. The molecule has 0 aromatic carbocycles. The van der Waals surface area contributed by atoms with Crippen LogP contribution in [-0.2, 0) is 22.4 Å². The van der Waals surface area contributed by atoms with Crippen LogP contribution in [0.2, 0.25) is 25.7 Å². The van der Waals surface area contributed by atoms with Crippen LogP contribution in [0.5, 0.6) is 5.75 Å². The first-order chi connectivity index (χ1) is 22.0. The number of carbonyl (C=O) groups excluding carboxylic acids is 1. The molecule has 4 aromatic heterocycles. The number of fused-ring (bicyclic) bond motifs is 1. The van der Waals surface area contributed by atoms with Crippen molar-refractivity contribution in [2.45, 2.75) is 83.7 Å². The highest BCUT2D eigenvalue weighted by molar-refractivity contribution is 6.76. The summed E-state index contributed by atoms with van der Waals surface area (Å²) in [5.41, 5.74) is -0.458. The molecule has 1 amide bonds. The predicted octanol–water partition coefficient (Wildman–Crippen LogP) is 7.11. The Morgan fingerprint density at radius 1 is 1.09 bits per heavy atom. The Kier molecular flexibility index (Phi) is 9.69. The van der Waals surface area contributed by atoms with Crippen molar-refractivity contribution < 1.29 is 32.2 Å². The number of methoxy groups -OCH3 is 1. The number of alkyl halides is 3. The van der Waals surface area contributed by atoms with E-state index in [0.29, 0.717) is 38.2 Å². The number of hydrogen-bond donors (Lipinski definition) is 0. The fraction of sp³-hybridized carbons (Fsp3) is 0.531. The Morgan fingerprint density at radius 2 is 1.81 bits per heavy atom. The summed E-state index contributed by atoms with van der Waals surface area (Å²) in [6.45, 7) is 13.3. The Hall–Kier alpha value is -3.98. The van der Waals surface area contributed by atoms with Gasteiger partial charge in [0, 0.05) is 45.7 Å². The standard InChI is InChI=1S/C32H42F3N7O4Si/c1-31(2,3)46-30(43)40-12-10-21(11-13-40)22-8-9-24(36-17-22)27-26(32(33,34)35)28(42(39-27)20-45-14-15-47(5,6)7)23-16-25(44-4)29-37-19-38-41(29)18-23/h8-9,16-19,21H,10-15,20H2,1-7H3. The van der Waals surface area contributed by atoms with Gasteiger partial charge in [-0.25, -0.2) is 19.0 Å². The van der Waals surface area contributed by atoms with E-state index in [-0.39, 0.29) is 47.1 Å². The number of pyridine rings is 2. The first-order valence-electron chi connectivity index (χ1n) is 15.6. The van der Waals surface area contributed by atoms with Gasteiger partial charge in [0.15, 0.2) is 11.4 Å². The van der Waals surface area contributed by atoms with Gasteiger partial charge in [0.05, 0.1) is 18.5 Å². The molecule has 5 rings (SSSR count). The molecular formula is C32H42F3N7O4Si. The van der Waals surface area contributed by atoms with Crippen molar-refractivity contribution in [2.24, 2.45) is 0 Å². The van der Waals surface area contributed by atoms with E-state index in [9.17, 15) is 4.79 Å². The number of rotatable bonds is 9. The van der Waals surface area contributed by atoms with Crippen LogP contribution in [0, 0.1) is 0 Å². The molecule has 0 saturated carbocycles. The van der Waals surface area contributed by atoms with Crippen LogP contribution in [0.4, 0.5) is 18.0 Å². The molecule has 4 aromatic rings. The number of hydrogen-bond acceptors (Lipinski definition) is 8. The van der Waals surface area contributed by atoms with Crippen molar-refractivity contribution in [3.63, 3.8) is 0 Å². The largest absolute Gasteiger partial charge is 0.493 e. The number of carbonyl (C=O) groups is 1. The maximum Gasteiger partial charge on any atom is 0.420 e. The molecular weight excluding hydrogens is 631 g/mol. The van der Waals surface area contributed by atoms with Crippen LogP contribution in [0.25, 0.3) is 28.3 Å². The molecule has 0 radical (unpaired) electrons. The summed E-state index contributed by atoms with van der Waals surface area (Å²) in [5, 5.41) is 8.59. The summed E-state index contributed by atoms with van der Waals surface area (Å²) < 4.78 is 64.5. The van der Waals surface area contributed by atoms with Gasteiger partial charge in [-0.1, -0.05) is 25.7 Å². The van der Waals surface area contributed by atoms with Crippen LogP contribution >= 0.6 is 0 Å². The fourth-order valence-electron chi connectivity index (χ4n) is 5.51. The van der Waals surface area contributed by atoms with Gasteiger partial charge >= 0.3 is 12.3 Å². The van der Waals surface area contributed by atoms with Gasteiger partial charge in [0.2, 0.25) is 0 Å². The summed E-state index contributed by atoms with van der Waals surface area (Å²) in [4.78, 5) is 22.8. The maximum atomic E-state index is 15.0. The summed E-state index contributed by atoms with van der Waals surface area (Å²) >= 11 is 0. The van der Waals surface area contributed by atoms with Gasteiger partial charge in [-0.2, -0.15) is 23.4 Å². The van der Waals surface area contributed by atoms with E-state index in [0.717, 1.165) is 11.6 Å². The quantitative estimate of drug-likeness (QED) is 0.137. The lowest BCUT2D eigenvalue weighted by Crippen LogP contribution is -2.41. The Labute approximate surface area is 273 Å². The molecule has 47 heavy (non-hydrogen) atoms. The van der Waals surface area contributed by atoms with E-state index in [1.165, 1.54) is 34.9 Å². The second kappa shape index (κ2) is 13.3. The molecule has 1 fully saturated rings. The second-order valence-corrected chi connectivity index (χ2v) is 19.6. The average molecular weight is 674 g/mol. The predicted molar refractivity (Wildman–Crippen MR) is 173 cm³/mol. The molecule has 5 heterocycles. The van der Waals surface area contributed by atoms with Crippen LogP contribution in [0.1, 0.15) is 50.7 Å². The monoisotopic (exact) mass is 673 g/mol. The topological polar surface area (TPSA) is 109 Å². The lowest BCUT2D eigenvalue weighted by molar-refractivity contribution is -0.136. The molecule has 0 atom stereocenters. The molecule has 0 unspecified atom stereocenters. The molecule has 15 heteroatoms. The van der Waals surface area contributed by atoms with Gasteiger partial charge in [-0.3, -0.25) is 4.98 Å². The van der Waals surface area contributed by atoms with Gasteiger partial charge < -0.3 is 19.1 Å². The Balaban J connectivity index is 1.48. The lowest BCUT2D eigenvalue weighted by atomic mass is 9.90. The third kappa shape index (κ3) is 8.12. The van der Waals surface area contributed by atoms with E-state index >= 15 is 13.2 Å². The van der Waals surface area contributed by atoms with Gasteiger partial charge in [0.1, 0.15) is 29.9 Å². The number of likely N-dealkylation sites (tertiary alicyclic amines) is 1. The Morgan fingerprint density at radius 3 is 2.40 bits per heavy atom. The van der Waals surface area contributed by atoms with Crippen LogP contribution < -0.4 is 4.74 Å². The summed E-state index contributed by atoms with van der Waals surface area (Å²) in [7, 11) is -0.0167. The maximum absolute atomic E-state index is 15.0. The minimum atomic E-state index is -4.78. The number of halogens is 3. The molecule has 0 aliphatic carbocycles. The van der Waals surface area contributed by atoms with E-state index in [1.807, 2.05) is 20.8 Å². The van der Waals surface area contributed by atoms with Crippen molar-refractivity contribution in [3.05, 3.63) is 48.0 Å². The zero-order chi connectivity index (χ0) is 34.1. The molecule has 1 aliphatic rings. The molecule has 254 valence electrons. The normalized spacial score (nSPS) is 15.0. The zero-order valence-corrected chi connectivity index (χ0v) is 28.9. The minimum absolute atomic E-state index is 0.0863. The van der Waals surface area contributed by atoms with E-state index in [4.69, 9.17) is 14.2 Å². The molecule has 0 N–H and O–H groups in total. The highest BCUT2D eigenvalue weighted by atomic mass is 28.3. The van der Waals surface area contributed by atoms with Gasteiger partial charge in [-0.15, -0.1) is 0 Å². The number of amides is 1. The van der Waals surface area contributed by atoms with Crippen molar-refractivity contribution in [2.75, 3.05) is 26.8 Å². The Bertz CT molecular complexity index is 1700. The zero-order valence-electron chi connectivity index (χ0n) is 27.9. The highest BCUT2D eigenvalue weighted by Crippen LogP contribution is 2.44. The SMILES string of the molecule is COc1cc(-c2c(C(F)(F)F)c(-c3ccc(C4CCN(C(=O)OC(C)(C)C)CC4)cn3)nn2COCC[Si](C)(C)C)cn2ncnc12. The lowest BCUT2D eigenvalue weighted by Gasteiger charge is -2.33. The van der Waals surface area contributed by atoms with Crippen molar-refractivity contribution in [3.8, 4) is 28.4 Å². The van der Waals surface area contributed by atoms with Crippen molar-refractivity contribution in [1.82, 2.24) is 34.3 Å². The first kappa shape index (κ1) is 34.4. The molecule has 0 spiro atoms. The number of nitrogens with zero attached hydrogens (tertiary/aromatic N) is 7. The van der Waals surface area contributed by atoms with Crippen molar-refractivity contribution >= 4 is 19.8 Å². The van der Waals surface area contributed by atoms with E-state index in [1.54, 1.807) is 23.2 Å². The van der Waals surface area contributed by atoms with Crippen LogP contribution in [-0.4, -0.2) is 80.8 Å². The fourth-order valence-corrected chi connectivity index (χ4v) is 6.27. The second-order valence-electron chi connectivity index (χ2n) is 14.0. The third-order valence-corrected chi connectivity index (χ3v) is 9.63. The molecule has 1 saturated heterocycles. The number of ether oxygens (including phenoxy) is 3. The summed E-state index contributed by atoms with van der Waals surface area (Å²) in [5.74, 6) is 0.370. The molecule has 1 aliphatic heterocycles. The van der Waals surface area contributed by atoms with E-state index in [2.05, 4.69) is 39.8 Å². The number of aromatic nitrogens is 6. The molecule has 11 nitrogen and oxygen atoms in total. The van der Waals surface area contributed by atoms with Gasteiger partial charge in [0.25, 0.3) is 0 Å². The smallest absolute Gasteiger partial charge is 0.420 e. The highest BCUT2D eigenvalue weighted by Gasteiger charge is 2.42. The third-order valence-electron chi connectivity index (χ3n) is 7.93. The molecule has 0 bridgehead atoms. The first-order valence-corrected chi connectivity index (χ1v) is 19.3. The summed E-state index contributed by atoms with van der Waals surface area (Å²) in [6.07, 6.45) is 0.640. The van der Waals surface area contributed by atoms with Crippen LogP contribution in [0.15, 0.2) is 36.9 Å². The van der Waals surface area contributed by atoms with Crippen molar-refractivity contribution in [1.29, 1.82) is 0 Å². The van der Waals surface area contributed by atoms with Gasteiger partial charge in [-0.05, 0) is 63.3 Å². The summed E-state index contributed by atoms with van der Waals surface area (Å²) in [6, 6.07) is 5.72. The minimum Gasteiger partial charge on any atom is -0.493 e.